The monoisotopic (exact) mass is 418 g/mol. The first-order valence-corrected chi connectivity index (χ1v) is 10.7. The predicted molar refractivity (Wildman–Crippen MR) is 118 cm³/mol. The van der Waals surface area contributed by atoms with Crippen molar-refractivity contribution in [3.05, 3.63) is 82.5 Å². The number of amides is 1. The lowest BCUT2D eigenvalue weighted by molar-refractivity contribution is -0.123. The fraction of sp³-hybridized carbons (Fsp3) is 0.280. The van der Waals surface area contributed by atoms with Crippen LogP contribution in [-0.4, -0.2) is 23.5 Å². The number of carbonyl (C=O) groups is 1. The van der Waals surface area contributed by atoms with Gasteiger partial charge in [-0.15, -0.1) is 0 Å². The van der Waals surface area contributed by atoms with Gasteiger partial charge in [0.2, 0.25) is 5.91 Å². The smallest absolute Gasteiger partial charge is 0.230 e. The van der Waals surface area contributed by atoms with Crippen LogP contribution in [0.5, 0.6) is 5.75 Å². The van der Waals surface area contributed by atoms with Crippen LogP contribution >= 0.6 is 11.6 Å². The molecule has 1 aliphatic carbocycles. The number of aryl methyl sites for hydroxylation is 1. The highest BCUT2D eigenvalue weighted by molar-refractivity contribution is 6.30. The molecule has 1 amide bonds. The summed E-state index contributed by atoms with van der Waals surface area (Å²) in [5.74, 6) is 0.961. The number of hydrogen-bond donors (Lipinski definition) is 1. The number of nitrogens with zero attached hydrogens (tertiary/aromatic N) is 1. The summed E-state index contributed by atoms with van der Waals surface area (Å²) in [7, 11) is 0. The molecule has 0 unspecified atom stereocenters. The van der Waals surface area contributed by atoms with E-state index in [1.807, 2.05) is 36.4 Å². The first-order valence-electron chi connectivity index (χ1n) is 10.3. The molecular weight excluding hydrogens is 396 g/mol. The fourth-order valence-corrected chi connectivity index (χ4v) is 4.45. The van der Waals surface area contributed by atoms with Gasteiger partial charge in [0.15, 0.2) is 0 Å². The van der Waals surface area contributed by atoms with Crippen LogP contribution in [-0.2, 0) is 16.6 Å². The minimum absolute atomic E-state index is 0.0739. The number of pyridine rings is 1. The largest absolute Gasteiger partial charge is 0.487 e. The number of aromatic nitrogens is 1. The molecule has 0 spiro atoms. The third-order valence-corrected chi connectivity index (χ3v) is 6.42. The molecule has 152 valence electrons. The van der Waals surface area contributed by atoms with Gasteiger partial charge in [0.25, 0.3) is 0 Å². The minimum atomic E-state index is -0.410. The number of ether oxygens (including phenoxy) is 1. The van der Waals surface area contributed by atoms with Crippen LogP contribution < -0.4 is 10.1 Å². The van der Waals surface area contributed by atoms with Crippen LogP contribution in [0.15, 0.2) is 60.8 Å². The number of rotatable bonds is 5. The third kappa shape index (κ3) is 3.35. The highest BCUT2D eigenvalue weighted by atomic mass is 35.5. The van der Waals surface area contributed by atoms with Crippen molar-refractivity contribution in [3.63, 3.8) is 0 Å². The molecule has 1 N–H and O–H groups in total. The molecule has 1 saturated carbocycles. The molecule has 2 aromatic carbocycles. The Morgan fingerprint density at radius 2 is 1.97 bits per heavy atom. The van der Waals surface area contributed by atoms with Crippen molar-refractivity contribution in [2.24, 2.45) is 0 Å². The van der Waals surface area contributed by atoms with Gasteiger partial charge in [-0.2, -0.15) is 0 Å². The van der Waals surface area contributed by atoms with Crippen molar-refractivity contribution < 1.29 is 9.53 Å². The fourth-order valence-electron chi connectivity index (χ4n) is 4.32. The molecule has 1 atom stereocenters. The second kappa shape index (κ2) is 7.44. The van der Waals surface area contributed by atoms with Gasteiger partial charge in [0.05, 0.1) is 17.7 Å². The Morgan fingerprint density at radius 3 is 2.70 bits per heavy atom. The van der Waals surface area contributed by atoms with Gasteiger partial charge in [-0.1, -0.05) is 41.9 Å². The van der Waals surface area contributed by atoms with Gasteiger partial charge in [-0.25, -0.2) is 0 Å². The summed E-state index contributed by atoms with van der Waals surface area (Å²) in [6.45, 7) is 2.55. The van der Waals surface area contributed by atoms with Gasteiger partial charge in [-0.3, -0.25) is 9.78 Å². The van der Waals surface area contributed by atoms with Crippen LogP contribution in [0.25, 0.3) is 11.3 Å². The number of fused-ring (bicyclic) bond motifs is 1. The zero-order valence-electron chi connectivity index (χ0n) is 16.8. The van der Waals surface area contributed by atoms with Crippen molar-refractivity contribution in [1.29, 1.82) is 0 Å². The van der Waals surface area contributed by atoms with E-state index in [-0.39, 0.29) is 12.0 Å². The Hall–Kier alpha value is -2.85. The molecule has 30 heavy (non-hydrogen) atoms. The van der Waals surface area contributed by atoms with E-state index in [0.29, 0.717) is 11.6 Å². The molecule has 2 aliphatic rings. The van der Waals surface area contributed by atoms with Crippen LogP contribution in [0.1, 0.15) is 29.5 Å². The highest BCUT2D eigenvalue weighted by Crippen LogP contribution is 2.48. The number of halogens is 1. The Labute approximate surface area is 181 Å². The van der Waals surface area contributed by atoms with E-state index in [4.69, 9.17) is 16.3 Å². The molecule has 1 fully saturated rings. The second-order valence-corrected chi connectivity index (χ2v) is 8.64. The van der Waals surface area contributed by atoms with E-state index in [2.05, 4.69) is 35.4 Å². The summed E-state index contributed by atoms with van der Waals surface area (Å²) < 4.78 is 6.28. The van der Waals surface area contributed by atoms with E-state index in [0.717, 1.165) is 53.0 Å². The molecule has 3 aromatic rings. The molecule has 4 nitrogen and oxygen atoms in total. The maximum atomic E-state index is 13.0. The van der Waals surface area contributed by atoms with Crippen LogP contribution in [0.2, 0.25) is 5.02 Å². The molecule has 5 rings (SSSR count). The molecule has 1 aliphatic heterocycles. The van der Waals surface area contributed by atoms with Gasteiger partial charge < -0.3 is 10.1 Å². The summed E-state index contributed by atoms with van der Waals surface area (Å²) in [4.78, 5) is 17.5. The first-order chi connectivity index (χ1) is 14.6. The van der Waals surface area contributed by atoms with E-state index >= 15 is 0 Å². The quantitative estimate of drug-likeness (QED) is 0.643. The van der Waals surface area contributed by atoms with Crippen LogP contribution in [0, 0.1) is 6.92 Å². The number of nitrogens with one attached hydrogen (secondary N) is 1. The molecule has 5 heteroatoms. The molecule has 2 heterocycles. The van der Waals surface area contributed by atoms with Gasteiger partial charge >= 0.3 is 0 Å². The third-order valence-electron chi connectivity index (χ3n) is 6.16. The van der Waals surface area contributed by atoms with Gasteiger partial charge in [-0.05, 0) is 60.7 Å². The van der Waals surface area contributed by atoms with Crippen molar-refractivity contribution in [1.82, 2.24) is 10.3 Å². The average Bonchev–Trinajstić information content (AvgIpc) is 3.46. The summed E-state index contributed by atoms with van der Waals surface area (Å²) in [6.07, 6.45) is 4.25. The number of benzene rings is 2. The average molecular weight is 419 g/mol. The summed E-state index contributed by atoms with van der Waals surface area (Å²) in [5, 5.41) is 3.82. The molecule has 0 radical (unpaired) electrons. The van der Waals surface area contributed by atoms with E-state index in [9.17, 15) is 4.79 Å². The van der Waals surface area contributed by atoms with Gasteiger partial charge in [0, 0.05) is 23.2 Å². The second-order valence-electron chi connectivity index (χ2n) is 8.21. The maximum Gasteiger partial charge on any atom is 0.230 e. The van der Waals surface area contributed by atoms with Crippen molar-refractivity contribution in [3.8, 4) is 17.0 Å². The zero-order chi connectivity index (χ0) is 20.7. The lowest BCUT2D eigenvalue weighted by atomic mass is 9.95. The standard InChI is InChI=1S/C25H23ClN2O2/c1-16-4-3-13-27-22(16)21-6-2-5-17-14-20(30-23(17)21)15-28-24(29)25(11-12-25)18-7-9-19(26)10-8-18/h2-10,13,20H,11-12,14-15H2,1H3,(H,28,29)/t20-/m1/s1. The topological polar surface area (TPSA) is 51.2 Å². The summed E-state index contributed by atoms with van der Waals surface area (Å²) in [5.41, 5.74) is 4.86. The lowest BCUT2D eigenvalue weighted by Crippen LogP contribution is -2.40. The Balaban J connectivity index is 1.28. The molecule has 1 aromatic heterocycles. The molecule has 0 saturated heterocycles. The van der Waals surface area contributed by atoms with Crippen molar-refractivity contribution in [2.75, 3.05) is 6.54 Å². The van der Waals surface area contributed by atoms with E-state index < -0.39 is 5.41 Å². The lowest BCUT2D eigenvalue weighted by Gasteiger charge is -2.18. The number of hydrogen-bond acceptors (Lipinski definition) is 3. The number of carbonyl (C=O) groups excluding carboxylic acids is 1. The maximum absolute atomic E-state index is 13.0. The Morgan fingerprint density at radius 1 is 1.17 bits per heavy atom. The van der Waals surface area contributed by atoms with E-state index in [1.165, 1.54) is 0 Å². The minimum Gasteiger partial charge on any atom is -0.487 e. The molecular formula is C25H23ClN2O2. The van der Waals surface area contributed by atoms with Gasteiger partial charge in [0.1, 0.15) is 11.9 Å². The van der Waals surface area contributed by atoms with Crippen molar-refractivity contribution >= 4 is 17.5 Å². The highest BCUT2D eigenvalue weighted by Gasteiger charge is 2.51. The normalized spacial score (nSPS) is 18.4. The van der Waals surface area contributed by atoms with E-state index in [1.54, 1.807) is 6.20 Å². The Kier molecular flexibility index (Phi) is 4.75. The van der Waals surface area contributed by atoms with Crippen molar-refractivity contribution in [2.45, 2.75) is 37.7 Å². The summed E-state index contributed by atoms with van der Waals surface area (Å²) >= 11 is 6.00. The van der Waals surface area contributed by atoms with Crippen LogP contribution in [0.3, 0.4) is 0 Å². The Bertz CT molecular complexity index is 1110. The predicted octanol–water partition coefficient (Wildman–Crippen LogP) is 4.86. The summed E-state index contributed by atoms with van der Waals surface area (Å²) in [6, 6.07) is 17.8. The zero-order valence-corrected chi connectivity index (χ0v) is 17.6. The van der Waals surface area contributed by atoms with Crippen LogP contribution in [0.4, 0.5) is 0 Å². The SMILES string of the molecule is Cc1cccnc1-c1cccc2c1O[C@@H](CNC(=O)C1(c3ccc(Cl)cc3)CC1)C2. The number of para-hydroxylation sites is 1. The first kappa shape index (κ1) is 19.1. The molecule has 0 bridgehead atoms.